The van der Waals surface area contributed by atoms with Crippen LogP contribution in [0.3, 0.4) is 0 Å². The Morgan fingerprint density at radius 2 is 2.08 bits per heavy atom. The molecule has 2 fully saturated rings. The highest BCUT2D eigenvalue weighted by molar-refractivity contribution is 5.77. The number of aromatic nitrogens is 2. The van der Waals surface area contributed by atoms with Gasteiger partial charge >= 0.3 is 0 Å². The van der Waals surface area contributed by atoms with Crippen LogP contribution >= 0.6 is 0 Å². The van der Waals surface area contributed by atoms with Crippen LogP contribution in [0.4, 0.5) is 0 Å². The van der Waals surface area contributed by atoms with Crippen molar-refractivity contribution >= 4 is 5.91 Å². The number of likely N-dealkylation sites (tertiary alicyclic amines) is 2. The zero-order chi connectivity index (χ0) is 17.0. The first-order valence-electron chi connectivity index (χ1n) is 9.27. The number of aliphatic hydroxyl groups excluding tert-OH is 1. The highest BCUT2D eigenvalue weighted by Gasteiger charge is 2.40. The Hall–Kier alpha value is -1.40. The van der Waals surface area contributed by atoms with Gasteiger partial charge < -0.3 is 10.0 Å². The molecule has 0 unspecified atom stereocenters. The summed E-state index contributed by atoms with van der Waals surface area (Å²) < 4.78 is 1.98. The largest absolute Gasteiger partial charge is 0.396 e. The lowest BCUT2D eigenvalue weighted by Crippen LogP contribution is -2.51. The molecule has 1 amide bonds. The van der Waals surface area contributed by atoms with E-state index in [1.165, 1.54) is 0 Å². The lowest BCUT2D eigenvalue weighted by Gasteiger charge is -2.47. The van der Waals surface area contributed by atoms with Gasteiger partial charge in [0.15, 0.2) is 0 Å². The monoisotopic (exact) mass is 334 g/mol. The van der Waals surface area contributed by atoms with Crippen LogP contribution < -0.4 is 0 Å². The van der Waals surface area contributed by atoms with Crippen LogP contribution in [-0.4, -0.2) is 63.4 Å². The maximum Gasteiger partial charge on any atom is 0.222 e. The molecule has 2 aliphatic heterocycles. The zero-order valence-corrected chi connectivity index (χ0v) is 14.8. The van der Waals surface area contributed by atoms with E-state index in [2.05, 4.69) is 23.0 Å². The lowest BCUT2D eigenvalue weighted by molar-refractivity contribution is -0.139. The molecule has 3 heterocycles. The molecule has 1 N–H and O–H groups in total. The SMILES string of the molecule is CCn1ccc(CN2CCC3(CCC(=O)N(CCCO)C3)CC2)n1. The van der Waals surface area contributed by atoms with Crippen LogP contribution in [0.2, 0.25) is 0 Å². The minimum absolute atomic E-state index is 0.162. The Morgan fingerprint density at radius 3 is 2.75 bits per heavy atom. The Morgan fingerprint density at radius 1 is 1.29 bits per heavy atom. The van der Waals surface area contributed by atoms with Crippen LogP contribution in [0.15, 0.2) is 12.3 Å². The highest BCUT2D eigenvalue weighted by Crippen LogP contribution is 2.40. The topological polar surface area (TPSA) is 61.6 Å². The molecule has 2 saturated heterocycles. The number of piperidine rings is 2. The summed E-state index contributed by atoms with van der Waals surface area (Å²) in [7, 11) is 0. The number of hydrogen-bond donors (Lipinski definition) is 1. The van der Waals surface area contributed by atoms with Crippen LogP contribution in [0.25, 0.3) is 0 Å². The van der Waals surface area contributed by atoms with Crippen molar-refractivity contribution in [2.45, 2.75) is 52.1 Å². The lowest BCUT2D eigenvalue weighted by atomic mass is 9.72. The van der Waals surface area contributed by atoms with E-state index in [4.69, 9.17) is 5.11 Å². The maximum absolute atomic E-state index is 12.1. The molecule has 3 rings (SSSR count). The van der Waals surface area contributed by atoms with Crippen molar-refractivity contribution in [1.82, 2.24) is 19.6 Å². The Labute approximate surface area is 144 Å². The number of amides is 1. The summed E-state index contributed by atoms with van der Waals surface area (Å²) in [6.07, 6.45) is 6.75. The predicted molar refractivity (Wildman–Crippen MR) is 92.4 cm³/mol. The van der Waals surface area contributed by atoms with E-state index < -0.39 is 0 Å². The van der Waals surface area contributed by atoms with Gasteiger partial charge in [-0.1, -0.05) is 0 Å². The molecule has 1 aromatic rings. The maximum atomic E-state index is 12.1. The van der Waals surface area contributed by atoms with Crippen molar-refractivity contribution < 1.29 is 9.90 Å². The van der Waals surface area contributed by atoms with Crippen LogP contribution in [-0.2, 0) is 17.9 Å². The molecule has 6 heteroatoms. The number of hydrogen-bond acceptors (Lipinski definition) is 4. The molecule has 134 valence electrons. The van der Waals surface area contributed by atoms with E-state index in [-0.39, 0.29) is 12.5 Å². The average Bonchev–Trinajstić information content (AvgIpc) is 3.06. The van der Waals surface area contributed by atoms with Crippen molar-refractivity contribution in [3.05, 3.63) is 18.0 Å². The van der Waals surface area contributed by atoms with E-state index in [9.17, 15) is 4.79 Å². The van der Waals surface area contributed by atoms with Gasteiger partial charge in [-0.3, -0.25) is 14.4 Å². The normalized spacial score (nSPS) is 21.6. The molecule has 0 bridgehead atoms. The first-order valence-corrected chi connectivity index (χ1v) is 9.27. The highest BCUT2D eigenvalue weighted by atomic mass is 16.3. The fourth-order valence-corrected chi connectivity index (χ4v) is 4.05. The van der Waals surface area contributed by atoms with Gasteiger partial charge in [-0.05, 0) is 57.2 Å². The summed E-state index contributed by atoms with van der Waals surface area (Å²) in [5, 5.41) is 13.6. The van der Waals surface area contributed by atoms with E-state index >= 15 is 0 Å². The van der Waals surface area contributed by atoms with E-state index in [1.54, 1.807) is 0 Å². The smallest absolute Gasteiger partial charge is 0.222 e. The molecule has 1 aromatic heterocycles. The molecule has 0 saturated carbocycles. The second kappa shape index (κ2) is 7.66. The van der Waals surface area contributed by atoms with Gasteiger partial charge in [0.1, 0.15) is 0 Å². The minimum atomic E-state index is 0.162. The number of carbonyl (C=O) groups excluding carboxylic acids is 1. The van der Waals surface area contributed by atoms with Crippen molar-refractivity contribution in [3.63, 3.8) is 0 Å². The second-order valence-electron chi connectivity index (χ2n) is 7.33. The fraction of sp³-hybridized carbons (Fsp3) is 0.778. The van der Waals surface area contributed by atoms with Gasteiger partial charge in [0, 0.05) is 45.4 Å². The quantitative estimate of drug-likeness (QED) is 0.856. The molecular weight excluding hydrogens is 304 g/mol. The van der Waals surface area contributed by atoms with Gasteiger partial charge in [-0.2, -0.15) is 5.10 Å². The molecule has 0 atom stereocenters. The summed E-state index contributed by atoms with van der Waals surface area (Å²) in [6, 6.07) is 2.11. The zero-order valence-electron chi connectivity index (χ0n) is 14.8. The number of aryl methyl sites for hydroxylation is 1. The predicted octanol–water partition coefficient (Wildman–Crippen LogP) is 1.49. The summed E-state index contributed by atoms with van der Waals surface area (Å²) in [4.78, 5) is 16.6. The minimum Gasteiger partial charge on any atom is -0.396 e. The molecule has 0 radical (unpaired) electrons. The Balaban J connectivity index is 1.52. The Bertz CT molecular complexity index is 549. The molecule has 0 aromatic carbocycles. The molecule has 0 aliphatic carbocycles. The fourth-order valence-electron chi connectivity index (χ4n) is 4.05. The second-order valence-corrected chi connectivity index (χ2v) is 7.33. The number of aliphatic hydroxyl groups is 1. The summed E-state index contributed by atoms with van der Waals surface area (Å²) in [5.74, 6) is 0.265. The molecule has 24 heavy (non-hydrogen) atoms. The third-order valence-electron chi connectivity index (χ3n) is 5.66. The molecule has 1 spiro atoms. The third-order valence-corrected chi connectivity index (χ3v) is 5.66. The third kappa shape index (κ3) is 3.98. The number of carbonyl (C=O) groups is 1. The van der Waals surface area contributed by atoms with Crippen molar-refractivity contribution in [2.75, 3.05) is 32.8 Å². The summed E-state index contributed by atoms with van der Waals surface area (Å²) >= 11 is 0. The van der Waals surface area contributed by atoms with Crippen molar-refractivity contribution in [3.8, 4) is 0 Å². The summed E-state index contributed by atoms with van der Waals surface area (Å²) in [5.41, 5.74) is 1.44. The Kier molecular flexibility index (Phi) is 5.56. The van der Waals surface area contributed by atoms with Crippen LogP contribution in [0.1, 0.15) is 44.7 Å². The number of rotatable bonds is 6. The van der Waals surface area contributed by atoms with E-state index in [0.717, 1.165) is 57.7 Å². The molecular formula is C18H30N4O2. The number of nitrogens with zero attached hydrogens (tertiary/aromatic N) is 4. The van der Waals surface area contributed by atoms with Crippen molar-refractivity contribution in [1.29, 1.82) is 0 Å². The molecule has 2 aliphatic rings. The first-order chi connectivity index (χ1) is 11.6. The van der Waals surface area contributed by atoms with Gasteiger partial charge in [0.2, 0.25) is 5.91 Å². The first kappa shape index (κ1) is 17.4. The van der Waals surface area contributed by atoms with Gasteiger partial charge in [0.05, 0.1) is 5.69 Å². The standard InChI is InChI=1S/C18H30N4O2/c1-2-22-10-5-16(19-22)14-20-11-7-18(8-12-20)6-4-17(24)21(15-18)9-3-13-23/h5,10,23H,2-4,6-9,11-15H2,1H3. The summed E-state index contributed by atoms with van der Waals surface area (Å²) in [6.45, 7) is 7.86. The van der Waals surface area contributed by atoms with Crippen LogP contribution in [0.5, 0.6) is 0 Å². The van der Waals surface area contributed by atoms with E-state index in [0.29, 0.717) is 24.8 Å². The van der Waals surface area contributed by atoms with Crippen LogP contribution in [0, 0.1) is 5.41 Å². The van der Waals surface area contributed by atoms with Gasteiger partial charge in [0.25, 0.3) is 0 Å². The van der Waals surface area contributed by atoms with E-state index in [1.807, 2.05) is 15.8 Å². The molecule has 6 nitrogen and oxygen atoms in total. The average molecular weight is 334 g/mol. The van der Waals surface area contributed by atoms with Gasteiger partial charge in [-0.15, -0.1) is 0 Å². The van der Waals surface area contributed by atoms with Gasteiger partial charge in [-0.25, -0.2) is 0 Å². The van der Waals surface area contributed by atoms with Crippen molar-refractivity contribution in [2.24, 2.45) is 5.41 Å².